The number of thiazole rings is 1. The van der Waals surface area contributed by atoms with Crippen LogP contribution in [0.2, 0.25) is 0 Å². The summed E-state index contributed by atoms with van der Waals surface area (Å²) in [6.45, 7) is 13.4. The third-order valence-electron chi connectivity index (χ3n) is 12.9. The number of nitrogens with one attached hydrogen (secondary N) is 2. The van der Waals surface area contributed by atoms with Crippen molar-refractivity contribution in [2.75, 3.05) is 72.2 Å². The highest BCUT2D eigenvalue weighted by molar-refractivity contribution is 7.10. The topological polar surface area (TPSA) is 149 Å². The number of nitrogens with zero attached hydrogens (tertiary/aromatic N) is 5. The zero-order valence-electron chi connectivity index (χ0n) is 36.0. The van der Waals surface area contributed by atoms with Crippen molar-refractivity contribution in [1.82, 2.24) is 30.1 Å². The van der Waals surface area contributed by atoms with E-state index in [9.17, 15) is 14.4 Å². The number of hydrogen-bond donors (Lipinski definition) is 2. The number of rotatable bonds is 8. The lowest BCUT2D eigenvalue weighted by molar-refractivity contribution is -0.202. The maximum absolute atomic E-state index is 14.3. The van der Waals surface area contributed by atoms with Crippen LogP contribution >= 0.6 is 11.3 Å². The first kappa shape index (κ1) is 42.4. The van der Waals surface area contributed by atoms with Crippen molar-refractivity contribution >= 4 is 45.6 Å². The Morgan fingerprint density at radius 1 is 1.08 bits per heavy atom. The molecule has 2 N–H and O–H groups in total. The number of anilines is 1. The second kappa shape index (κ2) is 17.3. The van der Waals surface area contributed by atoms with Gasteiger partial charge < -0.3 is 38.6 Å². The van der Waals surface area contributed by atoms with Crippen LogP contribution in [0.15, 0.2) is 35.8 Å². The number of benzene rings is 1. The summed E-state index contributed by atoms with van der Waals surface area (Å²) in [6.07, 6.45) is 4.28. The molecule has 3 fully saturated rings. The summed E-state index contributed by atoms with van der Waals surface area (Å²) in [5.41, 5.74) is 6.40. The molecule has 0 aliphatic carbocycles. The molecule has 1 unspecified atom stereocenters. The number of pyridine rings is 1. The predicted molar refractivity (Wildman–Crippen MR) is 231 cm³/mol. The molecule has 4 aliphatic rings. The number of carbonyl (C=O) groups is 3. The first-order chi connectivity index (χ1) is 28.8. The number of aromatic nitrogens is 3. The highest BCUT2D eigenvalue weighted by atomic mass is 32.1. The summed E-state index contributed by atoms with van der Waals surface area (Å²) in [4.78, 5) is 56.8. The molecular weight excluding hydrogens is 783 g/mol. The van der Waals surface area contributed by atoms with Gasteiger partial charge in [-0.25, -0.2) is 4.98 Å². The van der Waals surface area contributed by atoms with E-state index in [1.54, 1.807) is 7.11 Å². The van der Waals surface area contributed by atoms with Crippen LogP contribution in [0.25, 0.3) is 33.4 Å². The molecule has 1 amide bonds. The zero-order chi connectivity index (χ0) is 42.3. The number of hydrogen-bond acceptors (Lipinski definition) is 13. The molecule has 0 saturated carbocycles. The van der Waals surface area contributed by atoms with Gasteiger partial charge in [-0.1, -0.05) is 19.9 Å². The van der Waals surface area contributed by atoms with E-state index in [-0.39, 0.29) is 44.1 Å². The Morgan fingerprint density at radius 3 is 2.55 bits per heavy atom. The molecule has 60 heavy (non-hydrogen) atoms. The average Bonchev–Trinajstić information content (AvgIpc) is 3.83. The molecule has 3 saturated heterocycles. The highest BCUT2D eigenvalue weighted by Gasteiger charge is 2.48. The Labute approximate surface area is 356 Å². The molecule has 0 spiro atoms. The van der Waals surface area contributed by atoms with Crippen molar-refractivity contribution in [1.29, 1.82) is 0 Å². The Kier molecular flexibility index (Phi) is 12.2. The van der Waals surface area contributed by atoms with Gasteiger partial charge in [0.15, 0.2) is 11.4 Å². The van der Waals surface area contributed by atoms with E-state index >= 15 is 0 Å². The number of piperazine rings is 1. The minimum Gasteiger partial charge on any atom is -0.464 e. The first-order valence-electron chi connectivity index (χ1n) is 21.3. The fraction of sp³-hybridized carbons (Fsp3) is 0.578. The fourth-order valence-electron chi connectivity index (χ4n) is 9.06. The summed E-state index contributed by atoms with van der Waals surface area (Å²) in [6, 6.07) is 6.59. The van der Waals surface area contributed by atoms with Crippen LogP contribution in [0.4, 0.5) is 5.69 Å². The molecular formula is C45H59N7O7S. The second-order valence-electron chi connectivity index (χ2n) is 17.7. The normalized spacial score (nSPS) is 24.1. The highest BCUT2D eigenvalue weighted by Crippen LogP contribution is 2.43. The van der Waals surface area contributed by atoms with E-state index in [0.29, 0.717) is 37.2 Å². The Balaban J connectivity index is 1.26. The van der Waals surface area contributed by atoms with Crippen LogP contribution in [0.3, 0.4) is 0 Å². The smallest absolute Gasteiger partial charge is 0.323 e. The third kappa shape index (κ3) is 8.24. The lowest BCUT2D eigenvalue weighted by Crippen LogP contribution is -2.65. The summed E-state index contributed by atoms with van der Waals surface area (Å²) < 4.78 is 25.4. The molecule has 4 aromatic rings. The molecule has 0 radical (unpaired) electrons. The van der Waals surface area contributed by atoms with Crippen LogP contribution in [0, 0.1) is 5.41 Å². The minimum atomic E-state index is -1.15. The number of amides is 1. The molecule has 4 atom stereocenters. The number of carbonyl (C=O) groups excluding carboxylic acids is 3. The summed E-state index contributed by atoms with van der Waals surface area (Å²) in [5.74, 6) is -0.974. The largest absolute Gasteiger partial charge is 0.464 e. The number of fused-ring (bicyclic) bond motifs is 6. The Hall–Kier alpha value is -4.25. The number of cyclic esters (lactones) is 1. The van der Waals surface area contributed by atoms with Crippen molar-refractivity contribution < 1.29 is 33.3 Å². The van der Waals surface area contributed by atoms with Crippen molar-refractivity contribution in [3.8, 4) is 22.5 Å². The van der Waals surface area contributed by atoms with E-state index in [4.69, 9.17) is 28.9 Å². The fourth-order valence-corrected chi connectivity index (χ4v) is 9.92. The van der Waals surface area contributed by atoms with Gasteiger partial charge in [0.2, 0.25) is 0 Å². The number of methoxy groups -OCH3 is 2. The van der Waals surface area contributed by atoms with Gasteiger partial charge in [-0.05, 0) is 70.3 Å². The van der Waals surface area contributed by atoms with Crippen LogP contribution in [0.1, 0.15) is 69.3 Å². The summed E-state index contributed by atoms with van der Waals surface area (Å²) in [7, 11) is 5.36. The van der Waals surface area contributed by atoms with E-state index in [0.717, 1.165) is 76.5 Å². The van der Waals surface area contributed by atoms with Crippen LogP contribution in [-0.4, -0.2) is 128 Å². The summed E-state index contributed by atoms with van der Waals surface area (Å²) >= 11 is 1.46. The van der Waals surface area contributed by atoms with Gasteiger partial charge in [-0.3, -0.25) is 24.7 Å². The second-order valence-corrected chi connectivity index (χ2v) is 18.6. The molecule has 3 aromatic heterocycles. The Morgan fingerprint density at radius 2 is 1.85 bits per heavy atom. The molecule has 4 aliphatic heterocycles. The van der Waals surface area contributed by atoms with Crippen molar-refractivity contribution in [2.45, 2.75) is 96.2 Å². The van der Waals surface area contributed by atoms with Crippen LogP contribution < -0.4 is 15.5 Å². The molecule has 8 rings (SSSR count). The number of Topliss-reactive ketones (excluding diaryl/α,β-unsaturated/α-hetero) is 1. The van der Waals surface area contributed by atoms with E-state index in [1.165, 1.54) is 18.4 Å². The predicted octanol–water partition coefficient (Wildman–Crippen LogP) is 4.95. The number of likely N-dealkylation sites (N-methyl/N-ethyl adjacent to an activating group) is 1. The average molecular weight is 842 g/mol. The van der Waals surface area contributed by atoms with Gasteiger partial charge in [-0.2, -0.15) is 0 Å². The monoisotopic (exact) mass is 841 g/mol. The van der Waals surface area contributed by atoms with E-state index < -0.39 is 35.0 Å². The summed E-state index contributed by atoms with van der Waals surface area (Å²) in [5, 5.41) is 10.1. The first-order valence-corrected chi connectivity index (χ1v) is 22.2. The van der Waals surface area contributed by atoms with Gasteiger partial charge >= 0.3 is 5.97 Å². The number of ether oxygens (including phenoxy) is 4. The minimum absolute atomic E-state index is 0.112. The number of piperidine rings is 1. The number of aryl methyl sites for hydroxylation is 1. The molecule has 14 nitrogen and oxygen atoms in total. The van der Waals surface area contributed by atoms with Crippen LogP contribution in [-0.2, 0) is 52.7 Å². The lowest BCUT2D eigenvalue weighted by atomic mass is 9.84. The maximum Gasteiger partial charge on any atom is 0.323 e. The van der Waals surface area contributed by atoms with E-state index in [2.05, 4.69) is 77.1 Å². The van der Waals surface area contributed by atoms with Gasteiger partial charge in [0.25, 0.3) is 5.91 Å². The molecule has 322 valence electrons. The zero-order valence-corrected chi connectivity index (χ0v) is 36.8. The van der Waals surface area contributed by atoms with Gasteiger partial charge in [0.1, 0.15) is 6.04 Å². The number of ketones is 1. The number of esters is 1. The van der Waals surface area contributed by atoms with Gasteiger partial charge in [0, 0.05) is 86.2 Å². The Bertz CT molecular complexity index is 2240. The third-order valence-corrected chi connectivity index (χ3v) is 13.7. The van der Waals surface area contributed by atoms with E-state index in [1.807, 2.05) is 18.5 Å². The maximum atomic E-state index is 14.3. The van der Waals surface area contributed by atoms with Crippen molar-refractivity contribution in [2.24, 2.45) is 5.41 Å². The lowest BCUT2D eigenvalue weighted by Gasteiger charge is -2.39. The molecule has 1 aromatic carbocycles. The van der Waals surface area contributed by atoms with Crippen LogP contribution in [0.5, 0.6) is 0 Å². The van der Waals surface area contributed by atoms with Gasteiger partial charge in [-0.15, -0.1) is 11.3 Å². The van der Waals surface area contributed by atoms with Gasteiger partial charge in [0.05, 0.1) is 72.0 Å². The molecule has 7 heterocycles. The standard InChI is InChI=1S/C45H59N7O7S/c1-8-52-37-13-12-28-18-30(37)32(40(52)31-19-29(22-46-39(31)27(2)56-6)51-16-14-50(5)15-17-51)21-44(3,4)24-59-42(54)34-11-9-10-33(47-34)41(53)35(20-38-48-36(28)23-60-38)49-43(55)45(57-7)25-58-26-45/h12-13,18-19,22-23,27,33-35,47H,8-11,14-17,20-21,24-26H2,1-7H3,(H,49,55)/t27-,33?,34-,35-/m0/s1. The van der Waals surface area contributed by atoms with Crippen molar-refractivity contribution in [3.05, 3.63) is 52.1 Å². The van der Waals surface area contributed by atoms with Crippen molar-refractivity contribution in [3.63, 3.8) is 0 Å². The SMILES string of the molecule is CCn1c(-c2cc(N3CCN(C)CC3)cnc2[C@H](C)OC)c2c3cc(ccc31)-c1csc(n1)C[C@H](NC(=O)C1(OC)COC1)C(=O)C1CCC[C@H](N1)C(=O)OCC(C)(C)C2. The quantitative estimate of drug-likeness (QED) is 0.231. The molecule has 15 heteroatoms. The molecule has 6 bridgehead atoms.